The monoisotopic (exact) mass is 376 g/mol. The van der Waals surface area contributed by atoms with E-state index in [4.69, 9.17) is 0 Å². The Morgan fingerprint density at radius 1 is 1.09 bits per heavy atom. The number of para-hydroxylation sites is 2. The number of anilines is 2. The topological polar surface area (TPSA) is 32.3 Å². The maximum Gasteiger partial charge on any atom is 0.256 e. The molecule has 0 bridgehead atoms. The number of amides is 1. The highest BCUT2D eigenvalue weighted by Gasteiger charge is 2.17. The van der Waals surface area contributed by atoms with E-state index in [9.17, 15) is 9.18 Å². The van der Waals surface area contributed by atoms with Crippen molar-refractivity contribution in [1.29, 1.82) is 0 Å². The molecule has 3 rings (SSSR count). The minimum atomic E-state index is -0.373. The summed E-state index contributed by atoms with van der Waals surface area (Å²) in [5.74, 6) is -0.622. The molecule has 0 atom stereocenters. The quantitative estimate of drug-likeness (QED) is 0.831. The van der Waals surface area contributed by atoms with E-state index in [0.29, 0.717) is 10.0 Å². The van der Waals surface area contributed by atoms with Gasteiger partial charge in [-0.2, -0.15) is 0 Å². The predicted octanol–water partition coefficient (Wildman–Crippen LogP) is 4.83. The molecule has 0 saturated carbocycles. The Morgan fingerprint density at radius 2 is 1.83 bits per heavy atom. The van der Waals surface area contributed by atoms with E-state index in [2.05, 4.69) is 26.1 Å². The van der Waals surface area contributed by atoms with Crippen molar-refractivity contribution < 1.29 is 9.18 Å². The summed E-state index contributed by atoms with van der Waals surface area (Å²) in [7, 11) is 0. The first kappa shape index (κ1) is 16.0. The predicted molar refractivity (Wildman–Crippen MR) is 94.6 cm³/mol. The molecule has 1 saturated heterocycles. The van der Waals surface area contributed by atoms with Crippen LogP contribution >= 0.6 is 15.9 Å². The molecule has 23 heavy (non-hydrogen) atoms. The molecule has 1 heterocycles. The van der Waals surface area contributed by atoms with Crippen LogP contribution in [0.3, 0.4) is 0 Å². The van der Waals surface area contributed by atoms with Gasteiger partial charge in [-0.3, -0.25) is 4.79 Å². The number of carbonyl (C=O) groups is 1. The van der Waals surface area contributed by atoms with E-state index in [-0.39, 0.29) is 11.7 Å². The Hall–Kier alpha value is -1.88. The van der Waals surface area contributed by atoms with Gasteiger partial charge in [0.05, 0.1) is 16.9 Å². The van der Waals surface area contributed by atoms with Crippen LogP contribution in [0.15, 0.2) is 46.9 Å². The summed E-state index contributed by atoms with van der Waals surface area (Å²) >= 11 is 3.24. The fraction of sp³-hybridized carbons (Fsp3) is 0.278. The van der Waals surface area contributed by atoms with Gasteiger partial charge in [0.15, 0.2) is 0 Å². The molecule has 1 amide bonds. The Labute approximate surface area is 143 Å². The fourth-order valence-electron chi connectivity index (χ4n) is 2.85. The highest BCUT2D eigenvalue weighted by Crippen LogP contribution is 2.29. The number of carbonyl (C=O) groups excluding carboxylic acids is 1. The first-order chi connectivity index (χ1) is 11.1. The van der Waals surface area contributed by atoms with E-state index in [0.717, 1.165) is 24.5 Å². The third-order valence-corrected chi connectivity index (χ3v) is 4.68. The number of hydrogen-bond acceptors (Lipinski definition) is 2. The lowest BCUT2D eigenvalue weighted by atomic mass is 10.1. The number of rotatable bonds is 3. The van der Waals surface area contributed by atoms with Crippen molar-refractivity contribution in [2.75, 3.05) is 23.3 Å². The van der Waals surface area contributed by atoms with Gasteiger partial charge in [-0.05, 0) is 65.5 Å². The zero-order valence-corrected chi connectivity index (χ0v) is 14.3. The van der Waals surface area contributed by atoms with Crippen molar-refractivity contribution in [2.45, 2.75) is 19.3 Å². The maximum absolute atomic E-state index is 13.2. The average Bonchev–Trinajstić information content (AvgIpc) is 2.56. The lowest BCUT2D eigenvalue weighted by molar-refractivity contribution is 0.102. The van der Waals surface area contributed by atoms with Crippen LogP contribution in [0.2, 0.25) is 0 Å². The van der Waals surface area contributed by atoms with Crippen LogP contribution in [0.5, 0.6) is 0 Å². The second-order valence-electron chi connectivity index (χ2n) is 5.64. The zero-order chi connectivity index (χ0) is 16.2. The van der Waals surface area contributed by atoms with Gasteiger partial charge >= 0.3 is 0 Å². The third-order valence-electron chi connectivity index (χ3n) is 4.02. The van der Waals surface area contributed by atoms with Crippen LogP contribution in [-0.2, 0) is 0 Å². The van der Waals surface area contributed by atoms with Gasteiger partial charge in [-0.1, -0.05) is 12.1 Å². The number of hydrogen-bond donors (Lipinski definition) is 1. The molecule has 2 aromatic carbocycles. The van der Waals surface area contributed by atoms with E-state index in [1.165, 1.54) is 37.5 Å². The second-order valence-corrected chi connectivity index (χ2v) is 6.50. The average molecular weight is 377 g/mol. The van der Waals surface area contributed by atoms with Gasteiger partial charge in [0.25, 0.3) is 5.91 Å². The van der Waals surface area contributed by atoms with E-state index >= 15 is 0 Å². The minimum absolute atomic E-state index is 0.249. The molecule has 5 heteroatoms. The smallest absolute Gasteiger partial charge is 0.256 e. The van der Waals surface area contributed by atoms with Crippen molar-refractivity contribution in [1.82, 2.24) is 0 Å². The fourth-order valence-corrected chi connectivity index (χ4v) is 3.38. The van der Waals surface area contributed by atoms with Crippen LogP contribution < -0.4 is 10.2 Å². The van der Waals surface area contributed by atoms with Gasteiger partial charge in [0.1, 0.15) is 5.82 Å². The van der Waals surface area contributed by atoms with Crippen LogP contribution in [0, 0.1) is 5.82 Å². The largest absolute Gasteiger partial charge is 0.370 e. The molecular formula is C18H18BrFN2O. The highest BCUT2D eigenvalue weighted by molar-refractivity contribution is 9.10. The number of nitrogens with one attached hydrogen (secondary N) is 1. The number of nitrogens with zero attached hydrogens (tertiary/aromatic N) is 1. The Morgan fingerprint density at radius 3 is 2.57 bits per heavy atom. The Balaban J connectivity index is 1.83. The molecular weight excluding hydrogens is 359 g/mol. The van der Waals surface area contributed by atoms with Crippen LogP contribution in [0.1, 0.15) is 29.6 Å². The SMILES string of the molecule is O=C(Nc1ccccc1N1CCCCC1)c1ccc(F)cc1Br. The van der Waals surface area contributed by atoms with Gasteiger partial charge in [-0.15, -0.1) is 0 Å². The maximum atomic E-state index is 13.2. The molecule has 120 valence electrons. The van der Waals surface area contributed by atoms with Crippen LogP contribution in [-0.4, -0.2) is 19.0 Å². The van der Waals surface area contributed by atoms with Crippen molar-refractivity contribution in [2.24, 2.45) is 0 Å². The van der Waals surface area contributed by atoms with Crippen molar-refractivity contribution in [3.05, 3.63) is 58.3 Å². The molecule has 0 unspecified atom stereocenters. The number of piperidine rings is 1. The molecule has 2 aromatic rings. The van der Waals surface area contributed by atoms with E-state index in [1.807, 2.05) is 24.3 Å². The number of benzene rings is 2. The van der Waals surface area contributed by atoms with Crippen LogP contribution in [0.25, 0.3) is 0 Å². The molecule has 1 fully saturated rings. The summed E-state index contributed by atoms with van der Waals surface area (Å²) < 4.78 is 13.6. The Bertz CT molecular complexity index is 714. The Kier molecular flexibility index (Phi) is 4.96. The van der Waals surface area contributed by atoms with Crippen LogP contribution in [0.4, 0.5) is 15.8 Å². The molecule has 0 aromatic heterocycles. The first-order valence-electron chi connectivity index (χ1n) is 7.75. The van der Waals surface area contributed by atoms with Gasteiger partial charge in [0.2, 0.25) is 0 Å². The summed E-state index contributed by atoms with van der Waals surface area (Å²) in [5, 5.41) is 2.95. The second kappa shape index (κ2) is 7.13. The van der Waals surface area contributed by atoms with Gasteiger partial charge in [0, 0.05) is 17.6 Å². The molecule has 3 nitrogen and oxygen atoms in total. The van der Waals surface area contributed by atoms with Crippen molar-refractivity contribution >= 4 is 33.2 Å². The summed E-state index contributed by atoms with van der Waals surface area (Å²) in [4.78, 5) is 14.8. The highest BCUT2D eigenvalue weighted by atomic mass is 79.9. The standard InChI is InChI=1S/C18H18BrFN2O/c19-15-12-13(20)8-9-14(15)18(23)21-16-6-2-3-7-17(16)22-10-4-1-5-11-22/h2-3,6-9,12H,1,4-5,10-11H2,(H,21,23). The summed E-state index contributed by atoms with van der Waals surface area (Å²) in [6.07, 6.45) is 3.60. The molecule has 0 radical (unpaired) electrons. The molecule has 0 spiro atoms. The third kappa shape index (κ3) is 3.72. The normalized spacial score (nSPS) is 14.6. The summed E-state index contributed by atoms with van der Waals surface area (Å²) in [6.45, 7) is 2.01. The van der Waals surface area contributed by atoms with E-state index in [1.54, 1.807) is 0 Å². The van der Waals surface area contributed by atoms with Gasteiger partial charge < -0.3 is 10.2 Å². The number of halogens is 2. The molecule has 1 N–H and O–H groups in total. The van der Waals surface area contributed by atoms with Crippen molar-refractivity contribution in [3.8, 4) is 0 Å². The zero-order valence-electron chi connectivity index (χ0n) is 12.7. The lowest BCUT2D eigenvalue weighted by Crippen LogP contribution is -2.30. The van der Waals surface area contributed by atoms with Gasteiger partial charge in [-0.25, -0.2) is 4.39 Å². The summed E-state index contributed by atoms with van der Waals surface area (Å²) in [5.41, 5.74) is 2.24. The lowest BCUT2D eigenvalue weighted by Gasteiger charge is -2.30. The molecule has 0 aliphatic carbocycles. The molecule has 1 aliphatic heterocycles. The first-order valence-corrected chi connectivity index (χ1v) is 8.55. The van der Waals surface area contributed by atoms with Crippen molar-refractivity contribution in [3.63, 3.8) is 0 Å². The summed E-state index contributed by atoms with van der Waals surface area (Å²) in [6, 6.07) is 11.9. The van der Waals surface area contributed by atoms with E-state index < -0.39 is 0 Å². The molecule has 1 aliphatic rings. The minimum Gasteiger partial charge on any atom is -0.370 e.